The standard InChI is InChI=1S/C9H13ClN2/c1-8(2)12-7-11-6-9(12)4-3-5-10/h3-4,6-8H,5H2,1-2H3/b4-3+. The maximum Gasteiger partial charge on any atom is 0.0953 e. The average molecular weight is 185 g/mol. The second-order valence-corrected chi connectivity index (χ2v) is 3.18. The Hall–Kier alpha value is -0.760. The van der Waals surface area contributed by atoms with Crippen LogP contribution in [0.5, 0.6) is 0 Å². The molecule has 0 bridgehead atoms. The van der Waals surface area contributed by atoms with Crippen molar-refractivity contribution in [2.75, 3.05) is 5.88 Å². The highest BCUT2D eigenvalue weighted by Crippen LogP contribution is 2.09. The van der Waals surface area contributed by atoms with E-state index in [1.807, 2.05) is 24.7 Å². The van der Waals surface area contributed by atoms with Gasteiger partial charge in [-0.2, -0.15) is 0 Å². The molecule has 0 saturated carbocycles. The van der Waals surface area contributed by atoms with E-state index in [0.29, 0.717) is 11.9 Å². The van der Waals surface area contributed by atoms with Gasteiger partial charge >= 0.3 is 0 Å². The summed E-state index contributed by atoms with van der Waals surface area (Å²) < 4.78 is 2.10. The van der Waals surface area contributed by atoms with E-state index in [2.05, 4.69) is 23.4 Å². The summed E-state index contributed by atoms with van der Waals surface area (Å²) in [5.74, 6) is 0.545. The van der Waals surface area contributed by atoms with E-state index in [1.165, 1.54) is 0 Å². The molecule has 0 aliphatic heterocycles. The van der Waals surface area contributed by atoms with Gasteiger partial charge in [-0.3, -0.25) is 0 Å². The minimum absolute atomic E-state index is 0.447. The number of hydrogen-bond acceptors (Lipinski definition) is 1. The summed E-state index contributed by atoms with van der Waals surface area (Å²) in [5, 5.41) is 0. The van der Waals surface area contributed by atoms with Gasteiger partial charge in [0.2, 0.25) is 0 Å². The fourth-order valence-electron chi connectivity index (χ4n) is 1.04. The Morgan fingerprint density at radius 1 is 1.67 bits per heavy atom. The van der Waals surface area contributed by atoms with Gasteiger partial charge in [-0.25, -0.2) is 4.98 Å². The van der Waals surface area contributed by atoms with E-state index in [4.69, 9.17) is 11.6 Å². The van der Waals surface area contributed by atoms with Gasteiger partial charge in [0, 0.05) is 11.9 Å². The van der Waals surface area contributed by atoms with Crippen molar-refractivity contribution in [3.05, 3.63) is 24.3 Å². The van der Waals surface area contributed by atoms with Gasteiger partial charge in [-0.15, -0.1) is 11.6 Å². The summed E-state index contributed by atoms with van der Waals surface area (Å²) in [6.45, 7) is 4.25. The van der Waals surface area contributed by atoms with Crippen molar-refractivity contribution in [3.8, 4) is 0 Å². The lowest BCUT2D eigenvalue weighted by Crippen LogP contribution is -2.00. The SMILES string of the molecule is CC(C)n1cncc1/C=C/CCl. The van der Waals surface area contributed by atoms with Crippen molar-refractivity contribution in [3.63, 3.8) is 0 Å². The molecule has 66 valence electrons. The van der Waals surface area contributed by atoms with Gasteiger partial charge in [0.05, 0.1) is 18.2 Å². The Labute approximate surface area is 77.9 Å². The lowest BCUT2D eigenvalue weighted by atomic mass is 10.3. The van der Waals surface area contributed by atoms with Crippen LogP contribution in [0.15, 0.2) is 18.6 Å². The molecule has 0 aliphatic rings. The fraction of sp³-hybridized carbons (Fsp3) is 0.444. The summed E-state index contributed by atoms with van der Waals surface area (Å²) in [5.41, 5.74) is 1.10. The maximum absolute atomic E-state index is 5.53. The number of alkyl halides is 1. The lowest BCUT2D eigenvalue weighted by molar-refractivity contribution is 0.595. The second-order valence-electron chi connectivity index (χ2n) is 2.88. The van der Waals surface area contributed by atoms with E-state index < -0.39 is 0 Å². The molecule has 1 heterocycles. The van der Waals surface area contributed by atoms with Gasteiger partial charge in [0.15, 0.2) is 0 Å². The first-order valence-electron chi connectivity index (χ1n) is 4.00. The molecule has 0 aliphatic carbocycles. The number of hydrogen-bond donors (Lipinski definition) is 0. The van der Waals surface area contributed by atoms with Gasteiger partial charge < -0.3 is 4.57 Å². The second kappa shape index (κ2) is 4.31. The molecule has 0 unspecified atom stereocenters. The predicted molar refractivity (Wildman–Crippen MR) is 52.4 cm³/mol. The smallest absolute Gasteiger partial charge is 0.0953 e. The molecular formula is C9H13ClN2. The van der Waals surface area contributed by atoms with Gasteiger partial charge in [-0.05, 0) is 19.9 Å². The fourth-order valence-corrected chi connectivity index (χ4v) is 1.13. The van der Waals surface area contributed by atoms with Crippen LogP contribution in [0.2, 0.25) is 0 Å². The molecule has 1 aromatic heterocycles. The molecule has 1 aromatic rings. The highest BCUT2D eigenvalue weighted by atomic mass is 35.5. The van der Waals surface area contributed by atoms with Crippen molar-refractivity contribution in [2.24, 2.45) is 0 Å². The monoisotopic (exact) mass is 184 g/mol. The van der Waals surface area contributed by atoms with E-state index in [-0.39, 0.29) is 0 Å². The van der Waals surface area contributed by atoms with Gasteiger partial charge in [-0.1, -0.05) is 6.08 Å². The Bertz CT molecular complexity index is 263. The number of allylic oxidation sites excluding steroid dienone is 1. The molecular weight excluding hydrogens is 172 g/mol. The molecule has 3 heteroatoms. The third-order valence-electron chi connectivity index (χ3n) is 1.63. The van der Waals surface area contributed by atoms with Crippen LogP contribution in [0.3, 0.4) is 0 Å². The van der Waals surface area contributed by atoms with Crippen LogP contribution in [0.4, 0.5) is 0 Å². The zero-order valence-corrected chi connectivity index (χ0v) is 8.12. The quantitative estimate of drug-likeness (QED) is 0.661. The number of nitrogens with zero attached hydrogens (tertiary/aromatic N) is 2. The Balaban J connectivity index is 2.84. The number of halogens is 1. The van der Waals surface area contributed by atoms with Crippen LogP contribution in [-0.2, 0) is 0 Å². The van der Waals surface area contributed by atoms with Crippen LogP contribution >= 0.6 is 11.6 Å². The molecule has 0 fully saturated rings. The summed E-state index contributed by atoms with van der Waals surface area (Å²) in [6.07, 6.45) is 7.57. The highest BCUT2D eigenvalue weighted by molar-refractivity contribution is 6.19. The maximum atomic E-state index is 5.53. The first-order valence-corrected chi connectivity index (χ1v) is 4.53. The lowest BCUT2D eigenvalue weighted by Gasteiger charge is -2.08. The third kappa shape index (κ3) is 2.11. The van der Waals surface area contributed by atoms with Crippen LogP contribution in [0.25, 0.3) is 6.08 Å². The molecule has 0 spiro atoms. The number of rotatable bonds is 3. The number of aromatic nitrogens is 2. The molecule has 12 heavy (non-hydrogen) atoms. The zero-order valence-electron chi connectivity index (χ0n) is 7.37. The molecule has 0 atom stereocenters. The summed E-state index contributed by atoms with van der Waals surface area (Å²) in [6, 6.07) is 0.447. The summed E-state index contributed by atoms with van der Waals surface area (Å²) >= 11 is 5.53. The summed E-state index contributed by atoms with van der Waals surface area (Å²) in [4.78, 5) is 4.06. The highest BCUT2D eigenvalue weighted by Gasteiger charge is 2.00. The third-order valence-corrected chi connectivity index (χ3v) is 1.81. The molecule has 0 amide bonds. The van der Waals surface area contributed by atoms with Crippen LogP contribution in [-0.4, -0.2) is 15.4 Å². The van der Waals surface area contributed by atoms with E-state index in [1.54, 1.807) is 0 Å². The first-order chi connectivity index (χ1) is 5.75. The van der Waals surface area contributed by atoms with Crippen LogP contribution < -0.4 is 0 Å². The Morgan fingerprint density at radius 2 is 2.42 bits per heavy atom. The minimum atomic E-state index is 0.447. The van der Waals surface area contributed by atoms with Crippen molar-refractivity contribution >= 4 is 17.7 Å². The van der Waals surface area contributed by atoms with Crippen molar-refractivity contribution in [2.45, 2.75) is 19.9 Å². The van der Waals surface area contributed by atoms with E-state index in [9.17, 15) is 0 Å². The van der Waals surface area contributed by atoms with Gasteiger partial charge in [0.25, 0.3) is 0 Å². The Morgan fingerprint density at radius 3 is 3.00 bits per heavy atom. The van der Waals surface area contributed by atoms with Gasteiger partial charge in [0.1, 0.15) is 0 Å². The van der Waals surface area contributed by atoms with Crippen LogP contribution in [0.1, 0.15) is 25.6 Å². The minimum Gasteiger partial charge on any atom is -0.329 e. The largest absolute Gasteiger partial charge is 0.329 e. The predicted octanol–water partition coefficient (Wildman–Crippen LogP) is 2.72. The van der Waals surface area contributed by atoms with Crippen LogP contribution in [0, 0.1) is 0 Å². The number of imidazole rings is 1. The zero-order chi connectivity index (χ0) is 8.97. The van der Waals surface area contributed by atoms with E-state index >= 15 is 0 Å². The molecule has 0 saturated heterocycles. The van der Waals surface area contributed by atoms with Crippen molar-refractivity contribution in [1.29, 1.82) is 0 Å². The first kappa shape index (κ1) is 9.33. The van der Waals surface area contributed by atoms with Crippen molar-refractivity contribution < 1.29 is 0 Å². The molecule has 0 N–H and O–H groups in total. The Kier molecular flexibility index (Phi) is 3.35. The topological polar surface area (TPSA) is 17.8 Å². The normalized spacial score (nSPS) is 11.7. The average Bonchev–Trinajstić information content (AvgIpc) is 2.48. The summed E-state index contributed by atoms with van der Waals surface area (Å²) in [7, 11) is 0. The molecule has 1 rings (SSSR count). The molecule has 0 aromatic carbocycles. The molecule has 2 nitrogen and oxygen atoms in total. The van der Waals surface area contributed by atoms with E-state index in [0.717, 1.165) is 5.69 Å². The van der Waals surface area contributed by atoms with Crippen molar-refractivity contribution in [1.82, 2.24) is 9.55 Å². The molecule has 0 radical (unpaired) electrons.